The van der Waals surface area contributed by atoms with Gasteiger partial charge in [-0.1, -0.05) is 6.92 Å². The zero-order valence-electron chi connectivity index (χ0n) is 9.83. The number of aryl methyl sites for hydroxylation is 1. The molecule has 1 aromatic rings. The summed E-state index contributed by atoms with van der Waals surface area (Å²) in [7, 11) is 0. The van der Waals surface area contributed by atoms with Gasteiger partial charge in [-0.05, 0) is 32.1 Å². The van der Waals surface area contributed by atoms with E-state index in [1.54, 1.807) is 11.3 Å². The van der Waals surface area contributed by atoms with Gasteiger partial charge in [0.1, 0.15) is 0 Å². The van der Waals surface area contributed by atoms with Crippen LogP contribution in [0.25, 0.3) is 0 Å². The van der Waals surface area contributed by atoms with Crippen molar-refractivity contribution in [2.24, 2.45) is 0 Å². The molecule has 0 radical (unpaired) electrons. The van der Waals surface area contributed by atoms with Crippen molar-refractivity contribution in [3.63, 3.8) is 0 Å². The van der Waals surface area contributed by atoms with Crippen molar-refractivity contribution in [1.82, 2.24) is 10.3 Å². The summed E-state index contributed by atoms with van der Waals surface area (Å²) < 4.78 is 0. The van der Waals surface area contributed by atoms with E-state index in [2.05, 4.69) is 22.6 Å². The van der Waals surface area contributed by atoms with Crippen LogP contribution >= 0.6 is 11.3 Å². The fourth-order valence-corrected chi connectivity index (χ4v) is 2.95. The van der Waals surface area contributed by atoms with Gasteiger partial charge in [0, 0.05) is 24.1 Å². The van der Waals surface area contributed by atoms with E-state index in [9.17, 15) is 0 Å². The molecule has 1 heterocycles. The van der Waals surface area contributed by atoms with Gasteiger partial charge >= 0.3 is 0 Å². The van der Waals surface area contributed by atoms with Gasteiger partial charge in [0.25, 0.3) is 0 Å². The first-order valence-corrected chi connectivity index (χ1v) is 6.95. The Morgan fingerprint density at radius 3 is 2.88 bits per heavy atom. The number of hydrogen-bond acceptors (Lipinski definition) is 4. The molecule has 1 aromatic heterocycles. The van der Waals surface area contributed by atoms with Crippen molar-refractivity contribution in [3.8, 4) is 0 Å². The van der Waals surface area contributed by atoms with E-state index < -0.39 is 0 Å². The second kappa shape index (κ2) is 5.25. The zero-order chi connectivity index (χ0) is 11.4. The Labute approximate surface area is 101 Å². The average Bonchev–Trinajstić information content (AvgIpc) is 2.70. The van der Waals surface area contributed by atoms with E-state index in [1.165, 1.54) is 24.3 Å². The molecule has 0 atom stereocenters. The molecule has 0 unspecified atom stereocenters. The Bertz CT molecular complexity index is 334. The first-order valence-electron chi connectivity index (χ1n) is 6.07. The summed E-state index contributed by atoms with van der Waals surface area (Å²) in [4.78, 5) is 4.54. The summed E-state index contributed by atoms with van der Waals surface area (Å²) in [5.74, 6) is 0. The maximum absolute atomic E-state index is 9.05. The third-order valence-electron chi connectivity index (χ3n) is 3.45. The minimum Gasteiger partial charge on any atom is -0.396 e. The molecule has 16 heavy (non-hydrogen) atoms. The van der Waals surface area contributed by atoms with Gasteiger partial charge in [-0.3, -0.25) is 0 Å². The molecule has 1 aliphatic carbocycles. The van der Waals surface area contributed by atoms with E-state index >= 15 is 0 Å². The van der Waals surface area contributed by atoms with Gasteiger partial charge in [0.15, 0.2) is 0 Å². The van der Waals surface area contributed by atoms with E-state index in [0.29, 0.717) is 0 Å². The summed E-state index contributed by atoms with van der Waals surface area (Å²) in [6.07, 6.45) is 5.56. The molecular weight excluding hydrogens is 220 g/mol. The summed E-state index contributed by atoms with van der Waals surface area (Å²) in [6, 6.07) is 0. The molecule has 0 aliphatic heterocycles. The number of thiazole rings is 1. The van der Waals surface area contributed by atoms with Crippen molar-refractivity contribution in [1.29, 1.82) is 0 Å². The number of aliphatic hydroxyl groups is 1. The molecule has 4 heteroatoms. The van der Waals surface area contributed by atoms with Crippen LogP contribution in [-0.2, 0) is 13.0 Å². The third-order valence-corrected chi connectivity index (χ3v) is 4.49. The Kier molecular flexibility index (Phi) is 3.95. The number of aromatic nitrogens is 1. The summed E-state index contributed by atoms with van der Waals surface area (Å²) in [5.41, 5.74) is 1.34. The smallest absolute Gasteiger partial charge is 0.0926 e. The minimum absolute atomic E-state index is 0.199. The van der Waals surface area contributed by atoms with E-state index in [-0.39, 0.29) is 12.1 Å². The van der Waals surface area contributed by atoms with Gasteiger partial charge in [-0.2, -0.15) is 0 Å². The number of rotatable bonds is 6. The van der Waals surface area contributed by atoms with Crippen LogP contribution in [0.2, 0.25) is 0 Å². The molecule has 0 amide bonds. The summed E-state index contributed by atoms with van der Waals surface area (Å²) in [5, 5.41) is 16.0. The highest BCUT2D eigenvalue weighted by molar-refractivity contribution is 7.09. The van der Waals surface area contributed by atoms with Gasteiger partial charge < -0.3 is 10.4 Å². The Morgan fingerprint density at radius 2 is 2.38 bits per heavy atom. The topological polar surface area (TPSA) is 45.2 Å². The van der Waals surface area contributed by atoms with Crippen LogP contribution in [0.3, 0.4) is 0 Å². The van der Waals surface area contributed by atoms with Crippen molar-refractivity contribution >= 4 is 11.3 Å². The van der Waals surface area contributed by atoms with Crippen LogP contribution in [0, 0.1) is 0 Å². The van der Waals surface area contributed by atoms with Crippen molar-refractivity contribution in [3.05, 3.63) is 16.1 Å². The maximum Gasteiger partial charge on any atom is 0.0926 e. The standard InChI is InChI=1S/C12H20N2OS/c1-2-11-14-10(9-16-11)8-13-12(6-7-15)4-3-5-12/h9,13,15H,2-8H2,1H3. The third kappa shape index (κ3) is 2.62. The van der Waals surface area contributed by atoms with Crippen LogP contribution in [0.15, 0.2) is 5.38 Å². The summed E-state index contributed by atoms with van der Waals surface area (Å²) in [6.45, 7) is 3.26. The second-order valence-electron chi connectivity index (χ2n) is 4.55. The summed E-state index contributed by atoms with van der Waals surface area (Å²) >= 11 is 1.74. The lowest BCUT2D eigenvalue weighted by Crippen LogP contribution is -2.51. The van der Waals surface area contributed by atoms with Gasteiger partial charge in [-0.15, -0.1) is 11.3 Å². The van der Waals surface area contributed by atoms with Crippen LogP contribution < -0.4 is 5.32 Å². The monoisotopic (exact) mass is 240 g/mol. The van der Waals surface area contributed by atoms with Gasteiger partial charge in [0.05, 0.1) is 10.7 Å². The number of nitrogens with zero attached hydrogens (tertiary/aromatic N) is 1. The molecule has 1 fully saturated rings. The van der Waals surface area contributed by atoms with Crippen molar-refractivity contribution in [2.75, 3.05) is 6.61 Å². The quantitative estimate of drug-likeness (QED) is 0.800. The maximum atomic E-state index is 9.05. The predicted molar refractivity (Wildman–Crippen MR) is 66.6 cm³/mol. The Balaban J connectivity index is 1.85. The first-order chi connectivity index (χ1) is 7.78. The fourth-order valence-electron chi connectivity index (χ4n) is 2.20. The van der Waals surface area contributed by atoms with E-state index in [4.69, 9.17) is 5.11 Å². The molecule has 0 spiro atoms. The second-order valence-corrected chi connectivity index (χ2v) is 5.49. The van der Waals surface area contributed by atoms with E-state index in [1.807, 2.05) is 0 Å². The van der Waals surface area contributed by atoms with E-state index in [0.717, 1.165) is 25.1 Å². The van der Waals surface area contributed by atoms with Crippen molar-refractivity contribution in [2.45, 2.75) is 51.1 Å². The molecule has 2 rings (SSSR count). The largest absolute Gasteiger partial charge is 0.396 e. The first kappa shape index (κ1) is 12.0. The highest BCUT2D eigenvalue weighted by atomic mass is 32.1. The van der Waals surface area contributed by atoms with Crippen LogP contribution in [-0.4, -0.2) is 22.2 Å². The molecule has 2 N–H and O–H groups in total. The van der Waals surface area contributed by atoms with Gasteiger partial charge in [0.2, 0.25) is 0 Å². The van der Waals surface area contributed by atoms with Crippen LogP contribution in [0.1, 0.15) is 43.3 Å². The highest BCUT2D eigenvalue weighted by Gasteiger charge is 2.35. The van der Waals surface area contributed by atoms with Crippen LogP contribution in [0.4, 0.5) is 0 Å². The SMILES string of the molecule is CCc1nc(CNC2(CCO)CCC2)cs1. The number of hydrogen-bond donors (Lipinski definition) is 2. The lowest BCUT2D eigenvalue weighted by atomic mass is 9.74. The van der Waals surface area contributed by atoms with Gasteiger partial charge in [-0.25, -0.2) is 4.98 Å². The normalized spacial score (nSPS) is 18.4. The zero-order valence-corrected chi connectivity index (χ0v) is 10.6. The molecule has 0 bridgehead atoms. The molecule has 3 nitrogen and oxygen atoms in total. The van der Waals surface area contributed by atoms with Crippen LogP contribution in [0.5, 0.6) is 0 Å². The Hall–Kier alpha value is -0.450. The average molecular weight is 240 g/mol. The molecule has 0 saturated heterocycles. The predicted octanol–water partition coefficient (Wildman–Crippen LogP) is 2.10. The highest BCUT2D eigenvalue weighted by Crippen LogP contribution is 2.34. The minimum atomic E-state index is 0.199. The molecule has 1 aliphatic rings. The Morgan fingerprint density at radius 1 is 1.56 bits per heavy atom. The fraction of sp³-hybridized carbons (Fsp3) is 0.750. The lowest BCUT2D eigenvalue weighted by molar-refractivity contribution is 0.129. The lowest BCUT2D eigenvalue weighted by Gasteiger charge is -2.42. The molecule has 1 saturated carbocycles. The molecule has 0 aromatic carbocycles. The molecule has 90 valence electrons. The number of nitrogens with one attached hydrogen (secondary N) is 1. The van der Waals surface area contributed by atoms with Crippen molar-refractivity contribution < 1.29 is 5.11 Å². The molecular formula is C12H20N2OS. The number of aliphatic hydroxyl groups excluding tert-OH is 1.